The van der Waals surface area contributed by atoms with Gasteiger partial charge in [-0.25, -0.2) is 0 Å². The van der Waals surface area contributed by atoms with Gasteiger partial charge in [-0.3, -0.25) is 9.59 Å². The number of likely N-dealkylation sites (N-methyl/N-ethyl adjacent to an activating group) is 1. The standard InChI is InChI=1S/C15H27N3O2/c1-12(2)14(19)18-7-5-4-6-13(18)15(20)17-10-8-16(3)9-11-17/h12-13H,4-11H2,1-3H3. The SMILES string of the molecule is CC(C)C(=O)N1CCCCC1C(=O)N1CCN(C)CC1. The molecule has 2 amide bonds. The van der Waals surface area contributed by atoms with Gasteiger partial charge in [0, 0.05) is 38.6 Å². The Bertz CT molecular complexity index is 362. The molecule has 1 unspecified atom stereocenters. The molecule has 2 aliphatic rings. The summed E-state index contributed by atoms with van der Waals surface area (Å²) in [4.78, 5) is 31.0. The van der Waals surface area contributed by atoms with Crippen LogP contribution >= 0.6 is 0 Å². The Morgan fingerprint density at radius 3 is 2.25 bits per heavy atom. The van der Waals surface area contributed by atoms with Crippen LogP contribution in [-0.4, -0.2) is 72.3 Å². The van der Waals surface area contributed by atoms with Crippen LogP contribution in [0.25, 0.3) is 0 Å². The van der Waals surface area contributed by atoms with E-state index in [9.17, 15) is 9.59 Å². The number of piperazine rings is 1. The third-order valence-electron chi connectivity index (χ3n) is 4.38. The highest BCUT2D eigenvalue weighted by atomic mass is 16.2. The van der Waals surface area contributed by atoms with Crippen molar-refractivity contribution in [1.82, 2.24) is 14.7 Å². The number of piperidine rings is 1. The van der Waals surface area contributed by atoms with E-state index in [2.05, 4.69) is 11.9 Å². The lowest BCUT2D eigenvalue weighted by Gasteiger charge is -2.40. The molecule has 5 heteroatoms. The number of amides is 2. The van der Waals surface area contributed by atoms with Crippen LogP contribution in [0.3, 0.4) is 0 Å². The Hall–Kier alpha value is -1.10. The molecule has 0 aromatic rings. The highest BCUT2D eigenvalue weighted by Crippen LogP contribution is 2.21. The van der Waals surface area contributed by atoms with Crippen LogP contribution in [0.4, 0.5) is 0 Å². The van der Waals surface area contributed by atoms with Crippen molar-refractivity contribution in [2.45, 2.75) is 39.2 Å². The number of hydrogen-bond acceptors (Lipinski definition) is 3. The van der Waals surface area contributed by atoms with Crippen molar-refractivity contribution in [3.63, 3.8) is 0 Å². The molecule has 0 N–H and O–H groups in total. The topological polar surface area (TPSA) is 43.9 Å². The van der Waals surface area contributed by atoms with E-state index in [-0.39, 0.29) is 23.8 Å². The summed E-state index contributed by atoms with van der Waals surface area (Å²) >= 11 is 0. The van der Waals surface area contributed by atoms with Crippen molar-refractivity contribution in [1.29, 1.82) is 0 Å². The van der Waals surface area contributed by atoms with Crippen LogP contribution in [0.1, 0.15) is 33.1 Å². The smallest absolute Gasteiger partial charge is 0.245 e. The van der Waals surface area contributed by atoms with Crippen LogP contribution in [0.2, 0.25) is 0 Å². The Kier molecular flexibility index (Phi) is 5.02. The molecule has 0 aliphatic carbocycles. The number of likely N-dealkylation sites (tertiary alicyclic amines) is 1. The zero-order chi connectivity index (χ0) is 14.7. The Labute approximate surface area is 121 Å². The number of carbonyl (C=O) groups excluding carboxylic acids is 2. The molecule has 2 saturated heterocycles. The molecule has 0 aromatic carbocycles. The molecule has 2 rings (SSSR count). The molecule has 20 heavy (non-hydrogen) atoms. The summed E-state index contributed by atoms with van der Waals surface area (Å²) in [5.41, 5.74) is 0. The Balaban J connectivity index is 2.03. The van der Waals surface area contributed by atoms with Gasteiger partial charge >= 0.3 is 0 Å². The average Bonchev–Trinajstić information content (AvgIpc) is 2.46. The van der Waals surface area contributed by atoms with Crippen LogP contribution in [0, 0.1) is 5.92 Å². The first-order chi connectivity index (χ1) is 9.50. The number of rotatable bonds is 2. The van der Waals surface area contributed by atoms with Gasteiger partial charge in [-0.15, -0.1) is 0 Å². The largest absolute Gasteiger partial charge is 0.338 e. The summed E-state index contributed by atoms with van der Waals surface area (Å²) in [6.07, 6.45) is 2.89. The summed E-state index contributed by atoms with van der Waals surface area (Å²) in [6.45, 7) is 7.99. The van der Waals surface area contributed by atoms with Gasteiger partial charge in [0.15, 0.2) is 0 Å². The van der Waals surface area contributed by atoms with E-state index in [1.165, 1.54) is 0 Å². The second-order valence-corrected chi connectivity index (χ2v) is 6.33. The Morgan fingerprint density at radius 2 is 1.65 bits per heavy atom. The van der Waals surface area contributed by atoms with E-state index in [1.807, 2.05) is 23.6 Å². The zero-order valence-corrected chi connectivity index (χ0v) is 13.0. The van der Waals surface area contributed by atoms with Crippen molar-refractivity contribution < 1.29 is 9.59 Å². The summed E-state index contributed by atoms with van der Waals surface area (Å²) in [5.74, 6) is 0.250. The predicted octanol–water partition coefficient (Wildman–Crippen LogP) is 0.798. The maximum absolute atomic E-state index is 12.7. The number of hydrogen-bond donors (Lipinski definition) is 0. The van der Waals surface area contributed by atoms with Crippen molar-refractivity contribution in [2.75, 3.05) is 39.8 Å². The summed E-state index contributed by atoms with van der Waals surface area (Å²) < 4.78 is 0. The monoisotopic (exact) mass is 281 g/mol. The third kappa shape index (κ3) is 3.32. The molecular formula is C15H27N3O2. The van der Waals surface area contributed by atoms with Crippen LogP contribution in [0.5, 0.6) is 0 Å². The van der Waals surface area contributed by atoms with E-state index in [0.29, 0.717) is 0 Å². The molecule has 0 radical (unpaired) electrons. The van der Waals surface area contributed by atoms with E-state index >= 15 is 0 Å². The molecule has 0 spiro atoms. The zero-order valence-electron chi connectivity index (χ0n) is 13.0. The van der Waals surface area contributed by atoms with Gasteiger partial charge in [0.1, 0.15) is 6.04 Å². The quantitative estimate of drug-likeness (QED) is 0.752. The average molecular weight is 281 g/mol. The van der Waals surface area contributed by atoms with Crippen LogP contribution < -0.4 is 0 Å². The van der Waals surface area contributed by atoms with E-state index in [1.54, 1.807) is 0 Å². The lowest BCUT2D eigenvalue weighted by molar-refractivity contribution is -0.150. The molecular weight excluding hydrogens is 254 g/mol. The third-order valence-corrected chi connectivity index (χ3v) is 4.38. The molecule has 5 nitrogen and oxygen atoms in total. The van der Waals surface area contributed by atoms with E-state index in [0.717, 1.165) is 52.0 Å². The van der Waals surface area contributed by atoms with Gasteiger partial charge in [-0.1, -0.05) is 13.8 Å². The van der Waals surface area contributed by atoms with E-state index < -0.39 is 0 Å². The van der Waals surface area contributed by atoms with E-state index in [4.69, 9.17) is 0 Å². The van der Waals surface area contributed by atoms with Gasteiger partial charge in [0.05, 0.1) is 0 Å². The molecule has 114 valence electrons. The van der Waals surface area contributed by atoms with Gasteiger partial charge < -0.3 is 14.7 Å². The summed E-state index contributed by atoms with van der Waals surface area (Å²) in [5, 5.41) is 0. The lowest BCUT2D eigenvalue weighted by atomic mass is 9.98. The summed E-state index contributed by atoms with van der Waals surface area (Å²) in [7, 11) is 2.08. The van der Waals surface area contributed by atoms with Gasteiger partial charge in [0.2, 0.25) is 11.8 Å². The van der Waals surface area contributed by atoms with Crippen molar-refractivity contribution in [3.8, 4) is 0 Å². The van der Waals surface area contributed by atoms with Crippen molar-refractivity contribution in [3.05, 3.63) is 0 Å². The fourth-order valence-corrected chi connectivity index (χ4v) is 3.02. The summed E-state index contributed by atoms with van der Waals surface area (Å²) in [6, 6.07) is -0.220. The van der Waals surface area contributed by atoms with Crippen molar-refractivity contribution in [2.24, 2.45) is 5.92 Å². The number of carbonyl (C=O) groups is 2. The first-order valence-electron chi connectivity index (χ1n) is 7.78. The molecule has 0 aromatic heterocycles. The molecule has 2 heterocycles. The Morgan fingerprint density at radius 1 is 1.00 bits per heavy atom. The maximum Gasteiger partial charge on any atom is 0.245 e. The molecule has 2 aliphatic heterocycles. The minimum Gasteiger partial charge on any atom is -0.338 e. The second kappa shape index (κ2) is 6.57. The first kappa shape index (κ1) is 15.3. The van der Waals surface area contributed by atoms with Crippen molar-refractivity contribution >= 4 is 11.8 Å². The molecule has 2 fully saturated rings. The molecule has 0 saturated carbocycles. The predicted molar refractivity (Wildman–Crippen MR) is 78.3 cm³/mol. The maximum atomic E-state index is 12.7. The molecule has 1 atom stereocenters. The molecule has 0 bridgehead atoms. The highest BCUT2D eigenvalue weighted by molar-refractivity contribution is 5.88. The fraction of sp³-hybridized carbons (Fsp3) is 0.867. The number of nitrogens with zero attached hydrogens (tertiary/aromatic N) is 3. The van der Waals surface area contributed by atoms with Gasteiger partial charge in [-0.2, -0.15) is 0 Å². The van der Waals surface area contributed by atoms with Crippen LogP contribution in [-0.2, 0) is 9.59 Å². The first-order valence-corrected chi connectivity index (χ1v) is 7.78. The van der Waals surface area contributed by atoms with Gasteiger partial charge in [0.25, 0.3) is 0 Å². The fourth-order valence-electron chi connectivity index (χ4n) is 3.02. The van der Waals surface area contributed by atoms with Gasteiger partial charge in [-0.05, 0) is 26.3 Å². The normalized spacial score (nSPS) is 25.1. The second-order valence-electron chi connectivity index (χ2n) is 6.33. The lowest BCUT2D eigenvalue weighted by Crippen LogP contribution is -2.57. The highest BCUT2D eigenvalue weighted by Gasteiger charge is 2.35. The minimum absolute atomic E-state index is 0.0316. The minimum atomic E-state index is -0.220. The van der Waals surface area contributed by atoms with Crippen LogP contribution in [0.15, 0.2) is 0 Å².